The summed E-state index contributed by atoms with van der Waals surface area (Å²) in [5.74, 6) is -0.916. The van der Waals surface area contributed by atoms with Gasteiger partial charge in [-0.15, -0.1) is 0 Å². The number of para-hydroxylation sites is 1. The maximum absolute atomic E-state index is 12.8. The first kappa shape index (κ1) is 15.9. The molecule has 0 spiro atoms. The number of furan rings is 1. The molecule has 3 heterocycles. The molecule has 1 aliphatic heterocycles. The standard InChI is InChI=1S/C18H15N3O5/c22-17(13-6-7-14(26-13)25-11-4-2-1-3-5-11)21-9-8-12-15(20-10-19-12)16(21)18(23)24/h1-7,10,16H,8-9H2,(H,19,20)(H,23,24)/t16-/m1/s1. The van der Waals surface area contributed by atoms with Gasteiger partial charge in [-0.25, -0.2) is 9.78 Å². The van der Waals surface area contributed by atoms with E-state index < -0.39 is 17.9 Å². The van der Waals surface area contributed by atoms with Gasteiger partial charge in [-0.3, -0.25) is 4.79 Å². The predicted molar refractivity (Wildman–Crippen MR) is 88.9 cm³/mol. The summed E-state index contributed by atoms with van der Waals surface area (Å²) >= 11 is 0. The van der Waals surface area contributed by atoms with Crippen molar-refractivity contribution in [1.29, 1.82) is 0 Å². The number of carboxylic acids is 1. The Morgan fingerprint density at radius 3 is 2.81 bits per heavy atom. The second-order valence-corrected chi connectivity index (χ2v) is 5.79. The fraction of sp³-hybridized carbons (Fsp3) is 0.167. The van der Waals surface area contributed by atoms with E-state index in [0.29, 0.717) is 17.9 Å². The number of aliphatic carboxylic acids is 1. The van der Waals surface area contributed by atoms with Gasteiger partial charge in [0, 0.05) is 24.7 Å². The highest BCUT2D eigenvalue weighted by atomic mass is 16.6. The third-order valence-electron chi connectivity index (χ3n) is 4.17. The van der Waals surface area contributed by atoms with E-state index in [9.17, 15) is 14.7 Å². The molecule has 1 amide bonds. The summed E-state index contributed by atoms with van der Waals surface area (Å²) in [4.78, 5) is 32.7. The number of carboxylic acid groups (broad SMARTS) is 1. The van der Waals surface area contributed by atoms with Crippen LogP contribution in [0.25, 0.3) is 0 Å². The van der Waals surface area contributed by atoms with Gasteiger partial charge in [0.25, 0.3) is 11.9 Å². The Morgan fingerprint density at radius 1 is 1.23 bits per heavy atom. The first-order chi connectivity index (χ1) is 12.6. The number of hydrogen-bond acceptors (Lipinski definition) is 5. The van der Waals surface area contributed by atoms with E-state index in [1.165, 1.54) is 23.4 Å². The minimum atomic E-state index is -1.15. The molecule has 0 radical (unpaired) electrons. The highest BCUT2D eigenvalue weighted by Gasteiger charge is 2.39. The van der Waals surface area contributed by atoms with Crippen LogP contribution in [0.15, 0.2) is 53.2 Å². The van der Waals surface area contributed by atoms with Gasteiger partial charge in [-0.1, -0.05) is 18.2 Å². The van der Waals surface area contributed by atoms with E-state index in [0.717, 1.165) is 5.69 Å². The topological polar surface area (TPSA) is 109 Å². The third kappa shape index (κ3) is 2.81. The van der Waals surface area contributed by atoms with E-state index >= 15 is 0 Å². The number of aromatic nitrogens is 2. The molecule has 1 atom stereocenters. The highest BCUT2D eigenvalue weighted by molar-refractivity contribution is 5.95. The van der Waals surface area contributed by atoms with Gasteiger partial charge in [0.05, 0.1) is 12.0 Å². The number of carbonyl (C=O) groups excluding carboxylic acids is 1. The van der Waals surface area contributed by atoms with Crippen LogP contribution in [0.4, 0.5) is 0 Å². The molecule has 1 aliphatic rings. The second kappa shape index (κ2) is 6.40. The van der Waals surface area contributed by atoms with E-state index in [2.05, 4.69) is 9.97 Å². The average Bonchev–Trinajstić information content (AvgIpc) is 3.30. The van der Waals surface area contributed by atoms with Crippen molar-refractivity contribution >= 4 is 11.9 Å². The van der Waals surface area contributed by atoms with Crippen molar-refractivity contribution in [3.05, 3.63) is 65.9 Å². The van der Waals surface area contributed by atoms with Gasteiger partial charge in [0.2, 0.25) is 0 Å². The molecule has 8 nitrogen and oxygen atoms in total. The maximum atomic E-state index is 12.8. The Hall–Kier alpha value is -3.55. The van der Waals surface area contributed by atoms with Gasteiger partial charge in [0.1, 0.15) is 5.75 Å². The van der Waals surface area contributed by atoms with Gasteiger partial charge in [-0.2, -0.15) is 0 Å². The normalized spacial score (nSPS) is 16.2. The van der Waals surface area contributed by atoms with Gasteiger partial charge < -0.3 is 24.1 Å². The smallest absolute Gasteiger partial charge is 0.332 e. The first-order valence-corrected chi connectivity index (χ1v) is 8.02. The minimum Gasteiger partial charge on any atom is -0.479 e. The molecule has 3 aromatic rings. The Bertz CT molecular complexity index is 947. The molecule has 26 heavy (non-hydrogen) atoms. The van der Waals surface area contributed by atoms with Crippen LogP contribution in [0.2, 0.25) is 0 Å². The Kier molecular flexibility index (Phi) is 3.92. The van der Waals surface area contributed by atoms with Crippen molar-refractivity contribution in [2.24, 2.45) is 0 Å². The largest absolute Gasteiger partial charge is 0.479 e. The molecule has 1 aromatic carbocycles. The van der Waals surface area contributed by atoms with Crippen molar-refractivity contribution in [3.8, 4) is 11.7 Å². The first-order valence-electron chi connectivity index (χ1n) is 8.02. The number of benzene rings is 1. The number of rotatable bonds is 4. The molecule has 0 aliphatic carbocycles. The number of nitrogens with one attached hydrogen (secondary N) is 1. The minimum absolute atomic E-state index is 0.0150. The number of carbonyl (C=O) groups is 2. The summed E-state index contributed by atoms with van der Waals surface area (Å²) in [6, 6.07) is 10.9. The van der Waals surface area contributed by atoms with E-state index in [4.69, 9.17) is 9.15 Å². The second-order valence-electron chi connectivity index (χ2n) is 5.79. The van der Waals surface area contributed by atoms with Crippen molar-refractivity contribution in [1.82, 2.24) is 14.9 Å². The Morgan fingerprint density at radius 2 is 2.04 bits per heavy atom. The zero-order chi connectivity index (χ0) is 18.1. The predicted octanol–water partition coefficient (Wildman–Crippen LogP) is 2.62. The molecule has 8 heteroatoms. The summed E-state index contributed by atoms with van der Waals surface area (Å²) in [6.45, 7) is 0.251. The number of hydrogen-bond donors (Lipinski definition) is 2. The quantitative estimate of drug-likeness (QED) is 0.746. The molecule has 132 valence electrons. The van der Waals surface area contributed by atoms with Crippen LogP contribution in [0.1, 0.15) is 28.0 Å². The van der Waals surface area contributed by atoms with Crippen LogP contribution in [0.3, 0.4) is 0 Å². The van der Waals surface area contributed by atoms with E-state index in [1.807, 2.05) is 18.2 Å². The van der Waals surface area contributed by atoms with Crippen LogP contribution in [0.5, 0.6) is 11.7 Å². The molecular formula is C18H15N3O5. The zero-order valence-electron chi connectivity index (χ0n) is 13.6. The summed E-state index contributed by atoms with van der Waals surface area (Å²) in [5, 5.41) is 9.57. The fourth-order valence-electron chi connectivity index (χ4n) is 2.98. The van der Waals surface area contributed by atoms with Crippen LogP contribution in [0, 0.1) is 0 Å². The number of amides is 1. The molecule has 0 bridgehead atoms. The molecule has 2 aromatic heterocycles. The van der Waals surface area contributed by atoms with E-state index in [-0.39, 0.29) is 18.3 Å². The number of aromatic amines is 1. The third-order valence-corrected chi connectivity index (χ3v) is 4.17. The Balaban J connectivity index is 1.57. The van der Waals surface area contributed by atoms with Crippen molar-refractivity contribution in [2.75, 3.05) is 6.54 Å². The molecule has 4 rings (SSSR count). The average molecular weight is 353 g/mol. The zero-order valence-corrected chi connectivity index (χ0v) is 13.6. The molecule has 0 saturated carbocycles. The monoisotopic (exact) mass is 353 g/mol. The van der Waals surface area contributed by atoms with Crippen molar-refractivity contribution in [3.63, 3.8) is 0 Å². The summed E-state index contributed by atoms with van der Waals surface area (Å²) in [6.07, 6.45) is 1.94. The summed E-state index contributed by atoms with van der Waals surface area (Å²) in [5.41, 5.74) is 1.08. The molecule has 2 N–H and O–H groups in total. The van der Waals surface area contributed by atoms with Gasteiger partial charge in [-0.05, 0) is 18.2 Å². The maximum Gasteiger partial charge on any atom is 0.332 e. The van der Waals surface area contributed by atoms with Crippen LogP contribution < -0.4 is 4.74 Å². The number of nitrogens with zero attached hydrogens (tertiary/aromatic N) is 2. The van der Waals surface area contributed by atoms with Crippen molar-refractivity contribution < 1.29 is 23.8 Å². The van der Waals surface area contributed by atoms with Gasteiger partial charge >= 0.3 is 5.97 Å². The van der Waals surface area contributed by atoms with Crippen LogP contribution in [-0.2, 0) is 11.2 Å². The Labute approximate surface area is 148 Å². The number of H-pyrrole nitrogens is 1. The lowest BCUT2D eigenvalue weighted by atomic mass is 10.0. The fourth-order valence-corrected chi connectivity index (χ4v) is 2.98. The lowest BCUT2D eigenvalue weighted by Crippen LogP contribution is -2.43. The lowest BCUT2D eigenvalue weighted by Gasteiger charge is -2.31. The summed E-state index contributed by atoms with van der Waals surface area (Å²) < 4.78 is 11.0. The van der Waals surface area contributed by atoms with Crippen molar-refractivity contribution in [2.45, 2.75) is 12.5 Å². The highest BCUT2D eigenvalue weighted by Crippen LogP contribution is 2.30. The van der Waals surface area contributed by atoms with Gasteiger partial charge in [0.15, 0.2) is 11.8 Å². The molecular weight excluding hydrogens is 338 g/mol. The van der Waals surface area contributed by atoms with Crippen LogP contribution in [-0.4, -0.2) is 38.4 Å². The number of ether oxygens (including phenoxy) is 1. The lowest BCUT2D eigenvalue weighted by molar-refractivity contribution is -0.143. The number of imidazole rings is 1. The molecule has 0 unspecified atom stereocenters. The SMILES string of the molecule is O=C(O)[C@H]1c2nc[nH]c2CCN1C(=O)c1ccc(Oc2ccccc2)o1. The van der Waals surface area contributed by atoms with E-state index in [1.54, 1.807) is 12.1 Å². The molecule has 0 saturated heterocycles. The molecule has 0 fully saturated rings. The summed E-state index contributed by atoms with van der Waals surface area (Å²) in [7, 11) is 0. The number of fused-ring (bicyclic) bond motifs is 1. The van der Waals surface area contributed by atoms with Crippen LogP contribution >= 0.6 is 0 Å².